The Bertz CT molecular complexity index is 594. The van der Waals surface area contributed by atoms with Crippen molar-refractivity contribution in [3.05, 3.63) is 65.5 Å². The maximum absolute atomic E-state index is 13.5. The van der Waals surface area contributed by atoms with Gasteiger partial charge in [-0.2, -0.15) is 0 Å². The molecular weight excluding hydrogens is 261 g/mol. The maximum atomic E-state index is 13.5. The van der Waals surface area contributed by atoms with Gasteiger partial charge in [-0.1, -0.05) is 49.2 Å². The summed E-state index contributed by atoms with van der Waals surface area (Å²) in [5.74, 6) is 0.345. The molecule has 2 aromatic carbocycles. The summed E-state index contributed by atoms with van der Waals surface area (Å²) in [5.41, 5.74) is 3.43. The highest BCUT2D eigenvalue weighted by Gasteiger charge is 2.26. The molecule has 0 saturated heterocycles. The summed E-state index contributed by atoms with van der Waals surface area (Å²) in [5, 5.41) is 3.60. The van der Waals surface area contributed by atoms with Crippen LogP contribution in [-0.2, 0) is 0 Å². The van der Waals surface area contributed by atoms with Gasteiger partial charge in [-0.25, -0.2) is 4.39 Å². The second-order valence-corrected chi connectivity index (χ2v) is 6.01. The third-order valence-corrected chi connectivity index (χ3v) is 4.53. The van der Waals surface area contributed by atoms with Crippen LogP contribution >= 0.6 is 0 Å². The number of hydrogen-bond donors (Lipinski definition) is 1. The largest absolute Gasteiger partial charge is 0.381 e. The molecule has 2 unspecified atom stereocenters. The van der Waals surface area contributed by atoms with Gasteiger partial charge in [0.15, 0.2) is 0 Å². The Morgan fingerprint density at radius 2 is 1.76 bits per heavy atom. The van der Waals surface area contributed by atoms with Gasteiger partial charge < -0.3 is 5.32 Å². The molecule has 0 aromatic heterocycles. The SMILES string of the molecule is Cc1ccc(F)cc1NC1CCCCC1c1ccccc1. The second-order valence-electron chi connectivity index (χ2n) is 6.01. The van der Waals surface area contributed by atoms with Crippen LogP contribution in [0.2, 0.25) is 0 Å². The first-order chi connectivity index (χ1) is 10.2. The van der Waals surface area contributed by atoms with Gasteiger partial charge in [0.1, 0.15) is 5.82 Å². The topological polar surface area (TPSA) is 12.0 Å². The third-order valence-electron chi connectivity index (χ3n) is 4.53. The van der Waals surface area contributed by atoms with Crippen molar-refractivity contribution in [3.63, 3.8) is 0 Å². The molecule has 1 saturated carbocycles. The van der Waals surface area contributed by atoms with Crippen molar-refractivity contribution in [2.75, 3.05) is 5.32 Å². The van der Waals surface area contributed by atoms with E-state index in [1.54, 1.807) is 6.07 Å². The first kappa shape index (κ1) is 14.1. The molecule has 1 aliphatic carbocycles. The fraction of sp³-hybridized carbons (Fsp3) is 0.368. The van der Waals surface area contributed by atoms with Gasteiger partial charge in [-0.05, 0) is 43.0 Å². The maximum Gasteiger partial charge on any atom is 0.125 e. The minimum atomic E-state index is -0.171. The van der Waals surface area contributed by atoms with Crippen LogP contribution in [0.15, 0.2) is 48.5 Å². The zero-order valence-electron chi connectivity index (χ0n) is 12.5. The van der Waals surface area contributed by atoms with Crippen LogP contribution in [0, 0.1) is 12.7 Å². The van der Waals surface area contributed by atoms with Crippen LogP contribution in [0.5, 0.6) is 0 Å². The van der Waals surface area contributed by atoms with E-state index in [-0.39, 0.29) is 5.82 Å². The molecule has 2 atom stereocenters. The zero-order chi connectivity index (χ0) is 14.7. The summed E-state index contributed by atoms with van der Waals surface area (Å²) < 4.78 is 13.5. The van der Waals surface area contributed by atoms with E-state index in [4.69, 9.17) is 0 Å². The molecular formula is C19H22FN. The molecule has 1 fully saturated rings. The molecule has 21 heavy (non-hydrogen) atoms. The van der Waals surface area contributed by atoms with Gasteiger partial charge in [0.2, 0.25) is 0 Å². The quantitative estimate of drug-likeness (QED) is 0.809. The minimum Gasteiger partial charge on any atom is -0.381 e. The molecule has 0 amide bonds. The van der Waals surface area contributed by atoms with E-state index in [1.165, 1.54) is 30.9 Å². The molecule has 0 bridgehead atoms. The van der Waals surface area contributed by atoms with Crippen molar-refractivity contribution in [2.24, 2.45) is 0 Å². The van der Waals surface area contributed by atoms with Gasteiger partial charge >= 0.3 is 0 Å². The highest BCUT2D eigenvalue weighted by Crippen LogP contribution is 2.35. The first-order valence-corrected chi connectivity index (χ1v) is 7.81. The fourth-order valence-electron chi connectivity index (χ4n) is 3.35. The number of nitrogens with one attached hydrogen (secondary N) is 1. The molecule has 1 nitrogen and oxygen atoms in total. The van der Waals surface area contributed by atoms with Crippen molar-refractivity contribution in [2.45, 2.75) is 44.6 Å². The predicted molar refractivity (Wildman–Crippen MR) is 86.2 cm³/mol. The highest BCUT2D eigenvalue weighted by atomic mass is 19.1. The van der Waals surface area contributed by atoms with Crippen LogP contribution in [0.25, 0.3) is 0 Å². The average Bonchev–Trinajstić information content (AvgIpc) is 2.52. The molecule has 0 heterocycles. The molecule has 2 aromatic rings. The number of hydrogen-bond acceptors (Lipinski definition) is 1. The van der Waals surface area contributed by atoms with E-state index in [0.717, 1.165) is 17.7 Å². The van der Waals surface area contributed by atoms with E-state index >= 15 is 0 Å². The molecule has 1 N–H and O–H groups in total. The standard InChI is InChI=1S/C19H22FN/c1-14-11-12-16(20)13-19(14)21-18-10-6-5-9-17(18)15-7-3-2-4-8-15/h2-4,7-8,11-13,17-18,21H,5-6,9-10H2,1H3. The lowest BCUT2D eigenvalue weighted by atomic mass is 9.80. The van der Waals surface area contributed by atoms with E-state index in [9.17, 15) is 4.39 Å². The Kier molecular flexibility index (Phi) is 4.23. The van der Waals surface area contributed by atoms with Crippen molar-refractivity contribution in [1.29, 1.82) is 0 Å². The van der Waals surface area contributed by atoms with Gasteiger partial charge in [0, 0.05) is 17.6 Å². The Balaban J connectivity index is 1.83. The van der Waals surface area contributed by atoms with Gasteiger partial charge in [0.05, 0.1) is 0 Å². The lowest BCUT2D eigenvalue weighted by Crippen LogP contribution is -2.31. The van der Waals surface area contributed by atoms with Crippen molar-refractivity contribution >= 4 is 5.69 Å². The van der Waals surface area contributed by atoms with Gasteiger partial charge in [-0.15, -0.1) is 0 Å². The Morgan fingerprint density at radius 1 is 1.00 bits per heavy atom. The average molecular weight is 283 g/mol. The monoisotopic (exact) mass is 283 g/mol. The Labute approximate surface area is 126 Å². The lowest BCUT2D eigenvalue weighted by molar-refractivity contribution is 0.405. The molecule has 3 rings (SSSR count). The summed E-state index contributed by atoms with van der Waals surface area (Å²) in [7, 11) is 0. The molecule has 0 radical (unpaired) electrons. The van der Waals surface area contributed by atoms with Crippen LogP contribution in [0.4, 0.5) is 10.1 Å². The highest BCUT2D eigenvalue weighted by molar-refractivity contribution is 5.52. The molecule has 110 valence electrons. The predicted octanol–water partition coefficient (Wildman–Crippen LogP) is 5.27. The van der Waals surface area contributed by atoms with Crippen LogP contribution < -0.4 is 5.32 Å². The number of benzene rings is 2. The zero-order valence-corrected chi connectivity index (χ0v) is 12.5. The van der Waals surface area contributed by atoms with Crippen LogP contribution in [0.3, 0.4) is 0 Å². The Morgan fingerprint density at radius 3 is 2.57 bits per heavy atom. The number of halogens is 1. The van der Waals surface area contributed by atoms with E-state index < -0.39 is 0 Å². The second kappa shape index (κ2) is 6.30. The summed E-state index contributed by atoms with van der Waals surface area (Å²) >= 11 is 0. The smallest absolute Gasteiger partial charge is 0.125 e. The number of rotatable bonds is 3. The summed E-state index contributed by atoms with van der Waals surface area (Å²) in [6.45, 7) is 2.03. The molecule has 0 aliphatic heterocycles. The number of aryl methyl sites for hydroxylation is 1. The summed E-state index contributed by atoms with van der Waals surface area (Å²) in [6.07, 6.45) is 4.88. The van der Waals surface area contributed by atoms with E-state index in [1.807, 2.05) is 13.0 Å². The summed E-state index contributed by atoms with van der Waals surface area (Å²) in [4.78, 5) is 0. The molecule has 1 aliphatic rings. The third kappa shape index (κ3) is 3.26. The fourth-order valence-corrected chi connectivity index (χ4v) is 3.35. The van der Waals surface area contributed by atoms with Crippen molar-refractivity contribution in [3.8, 4) is 0 Å². The number of anilines is 1. The lowest BCUT2D eigenvalue weighted by Gasteiger charge is -2.33. The first-order valence-electron chi connectivity index (χ1n) is 7.81. The van der Waals surface area contributed by atoms with Crippen LogP contribution in [-0.4, -0.2) is 6.04 Å². The van der Waals surface area contributed by atoms with Gasteiger partial charge in [-0.3, -0.25) is 0 Å². The van der Waals surface area contributed by atoms with Crippen LogP contribution in [0.1, 0.15) is 42.7 Å². The minimum absolute atomic E-state index is 0.171. The normalized spacial score (nSPS) is 22.0. The Hall–Kier alpha value is -1.83. The molecule has 2 heteroatoms. The van der Waals surface area contributed by atoms with Crippen molar-refractivity contribution < 1.29 is 4.39 Å². The van der Waals surface area contributed by atoms with E-state index in [2.05, 4.69) is 35.6 Å². The summed E-state index contributed by atoms with van der Waals surface area (Å²) in [6, 6.07) is 16.1. The van der Waals surface area contributed by atoms with Gasteiger partial charge in [0.25, 0.3) is 0 Å². The van der Waals surface area contributed by atoms with E-state index in [0.29, 0.717) is 12.0 Å². The molecule has 0 spiro atoms. The van der Waals surface area contributed by atoms with Crippen molar-refractivity contribution in [1.82, 2.24) is 0 Å².